The zero-order valence-corrected chi connectivity index (χ0v) is 8.82. The Bertz CT molecular complexity index is 340. The number of aromatic nitrogens is 1. The van der Waals surface area contributed by atoms with Crippen molar-refractivity contribution < 1.29 is 9.21 Å². The molecule has 1 aliphatic rings. The molecule has 5 heteroatoms. The minimum absolute atomic E-state index is 0.0475. The van der Waals surface area contributed by atoms with Gasteiger partial charge in [0.1, 0.15) is 0 Å². The molecule has 0 aromatic carbocycles. The normalized spacial score (nSPS) is 17.5. The molecule has 0 bridgehead atoms. The van der Waals surface area contributed by atoms with Crippen LogP contribution in [0, 0.1) is 6.92 Å². The van der Waals surface area contributed by atoms with Crippen LogP contribution in [0.2, 0.25) is 0 Å². The Morgan fingerprint density at radius 2 is 2.40 bits per heavy atom. The first-order valence-electron chi connectivity index (χ1n) is 5.19. The van der Waals surface area contributed by atoms with Crippen molar-refractivity contribution in [2.24, 2.45) is 0 Å². The van der Waals surface area contributed by atoms with E-state index in [1.54, 1.807) is 6.92 Å². The van der Waals surface area contributed by atoms with Gasteiger partial charge in [0.05, 0.1) is 5.69 Å². The van der Waals surface area contributed by atoms with Gasteiger partial charge in [0.15, 0.2) is 6.39 Å². The highest BCUT2D eigenvalue weighted by atomic mass is 16.3. The van der Waals surface area contributed by atoms with Crippen LogP contribution in [0.25, 0.3) is 0 Å². The van der Waals surface area contributed by atoms with Gasteiger partial charge < -0.3 is 14.6 Å². The lowest BCUT2D eigenvalue weighted by molar-refractivity contribution is 0.0733. The van der Waals surface area contributed by atoms with Gasteiger partial charge in [0, 0.05) is 19.6 Å². The van der Waals surface area contributed by atoms with Crippen LogP contribution in [0.3, 0.4) is 0 Å². The number of nitrogens with zero attached hydrogens (tertiary/aromatic N) is 2. The van der Waals surface area contributed by atoms with Gasteiger partial charge in [-0.05, 0) is 19.9 Å². The largest absolute Gasteiger partial charge is 0.438 e. The van der Waals surface area contributed by atoms with Crippen molar-refractivity contribution in [3.05, 3.63) is 17.8 Å². The van der Waals surface area contributed by atoms with Crippen molar-refractivity contribution in [3.8, 4) is 0 Å². The maximum Gasteiger partial charge on any atom is 0.291 e. The molecule has 1 amide bonds. The zero-order chi connectivity index (χ0) is 10.7. The lowest BCUT2D eigenvalue weighted by Crippen LogP contribution is -2.34. The van der Waals surface area contributed by atoms with Crippen LogP contribution in [0.4, 0.5) is 0 Å². The van der Waals surface area contributed by atoms with Crippen molar-refractivity contribution in [1.29, 1.82) is 0 Å². The van der Waals surface area contributed by atoms with Gasteiger partial charge in [0.2, 0.25) is 5.76 Å². The fourth-order valence-corrected chi connectivity index (χ4v) is 1.70. The smallest absolute Gasteiger partial charge is 0.291 e. The van der Waals surface area contributed by atoms with E-state index in [9.17, 15) is 4.79 Å². The maximum absolute atomic E-state index is 12.0. The zero-order valence-electron chi connectivity index (χ0n) is 8.82. The fourth-order valence-electron chi connectivity index (χ4n) is 1.70. The molecule has 1 N–H and O–H groups in total. The molecule has 2 rings (SSSR count). The number of carbonyl (C=O) groups is 1. The molecule has 1 saturated heterocycles. The topological polar surface area (TPSA) is 58.4 Å². The summed E-state index contributed by atoms with van der Waals surface area (Å²) in [5.74, 6) is 0.325. The van der Waals surface area contributed by atoms with Crippen LogP contribution in [0.1, 0.15) is 22.7 Å². The summed E-state index contributed by atoms with van der Waals surface area (Å²) in [5, 5.41) is 3.25. The second kappa shape index (κ2) is 4.44. The van der Waals surface area contributed by atoms with E-state index < -0.39 is 0 Å². The summed E-state index contributed by atoms with van der Waals surface area (Å²) in [6.07, 6.45) is 2.30. The Labute approximate surface area is 88.5 Å². The van der Waals surface area contributed by atoms with E-state index in [4.69, 9.17) is 4.42 Å². The highest BCUT2D eigenvalue weighted by Gasteiger charge is 2.21. The monoisotopic (exact) mass is 209 g/mol. The van der Waals surface area contributed by atoms with Gasteiger partial charge in [-0.15, -0.1) is 0 Å². The number of amides is 1. The third-order valence-corrected chi connectivity index (χ3v) is 2.57. The summed E-state index contributed by atoms with van der Waals surface area (Å²) in [7, 11) is 0. The molecular formula is C10H15N3O2. The quantitative estimate of drug-likeness (QED) is 0.728. The van der Waals surface area contributed by atoms with Crippen LogP contribution in [0.5, 0.6) is 0 Å². The third kappa shape index (κ3) is 2.18. The highest BCUT2D eigenvalue weighted by Crippen LogP contribution is 2.10. The number of hydrogen-bond donors (Lipinski definition) is 1. The van der Waals surface area contributed by atoms with Gasteiger partial charge in [-0.2, -0.15) is 0 Å². The van der Waals surface area contributed by atoms with Crippen LogP contribution >= 0.6 is 0 Å². The first-order chi connectivity index (χ1) is 7.29. The number of hydrogen-bond acceptors (Lipinski definition) is 4. The molecule has 82 valence electrons. The van der Waals surface area contributed by atoms with Gasteiger partial charge in [-0.25, -0.2) is 4.98 Å². The molecule has 1 aliphatic heterocycles. The lowest BCUT2D eigenvalue weighted by Gasteiger charge is -2.18. The number of rotatable bonds is 1. The number of aryl methyl sites for hydroxylation is 1. The Hall–Kier alpha value is -1.36. The van der Waals surface area contributed by atoms with Gasteiger partial charge in [0.25, 0.3) is 5.91 Å². The predicted octanol–water partition coefficient (Wildman–Crippen LogP) is 0.419. The molecule has 0 unspecified atom stereocenters. The van der Waals surface area contributed by atoms with E-state index in [0.29, 0.717) is 11.5 Å². The molecule has 0 spiro atoms. The molecule has 0 saturated carbocycles. The average molecular weight is 209 g/mol. The summed E-state index contributed by atoms with van der Waals surface area (Å²) in [6.45, 7) is 5.12. The molecule has 0 aliphatic carbocycles. The van der Waals surface area contributed by atoms with E-state index in [1.807, 2.05) is 4.90 Å². The molecule has 0 radical (unpaired) electrons. The molecule has 2 heterocycles. The molecule has 1 aromatic heterocycles. The Morgan fingerprint density at radius 1 is 1.53 bits per heavy atom. The second-order valence-electron chi connectivity index (χ2n) is 3.66. The summed E-state index contributed by atoms with van der Waals surface area (Å²) < 4.78 is 5.10. The summed E-state index contributed by atoms with van der Waals surface area (Å²) >= 11 is 0. The van der Waals surface area contributed by atoms with E-state index >= 15 is 0 Å². The van der Waals surface area contributed by atoms with Gasteiger partial charge in [-0.3, -0.25) is 4.79 Å². The summed E-state index contributed by atoms with van der Waals surface area (Å²) in [5.41, 5.74) is 0.664. The highest BCUT2D eigenvalue weighted by molar-refractivity contribution is 5.92. The maximum atomic E-state index is 12.0. The van der Waals surface area contributed by atoms with Crippen LogP contribution in [-0.4, -0.2) is 42.0 Å². The molecule has 1 fully saturated rings. The summed E-state index contributed by atoms with van der Waals surface area (Å²) in [6, 6.07) is 0. The minimum Gasteiger partial charge on any atom is -0.438 e. The van der Waals surface area contributed by atoms with Crippen molar-refractivity contribution in [2.75, 3.05) is 26.2 Å². The van der Waals surface area contributed by atoms with Crippen LogP contribution < -0.4 is 5.32 Å². The number of carbonyl (C=O) groups excluding carboxylic acids is 1. The average Bonchev–Trinajstić information content (AvgIpc) is 2.53. The van der Waals surface area contributed by atoms with Gasteiger partial charge in [-0.1, -0.05) is 0 Å². The molecule has 5 nitrogen and oxygen atoms in total. The number of nitrogens with one attached hydrogen (secondary N) is 1. The summed E-state index contributed by atoms with van der Waals surface area (Å²) in [4.78, 5) is 17.7. The van der Waals surface area contributed by atoms with Crippen molar-refractivity contribution in [3.63, 3.8) is 0 Å². The molecular weight excluding hydrogens is 194 g/mol. The first-order valence-corrected chi connectivity index (χ1v) is 5.19. The standard InChI is InChI=1S/C10H15N3O2/c1-8-9(15-7-12-8)10(14)13-5-2-3-11-4-6-13/h7,11H,2-6H2,1H3. The third-order valence-electron chi connectivity index (χ3n) is 2.57. The lowest BCUT2D eigenvalue weighted by atomic mass is 10.3. The fraction of sp³-hybridized carbons (Fsp3) is 0.600. The van der Waals surface area contributed by atoms with E-state index in [2.05, 4.69) is 10.3 Å². The van der Waals surface area contributed by atoms with E-state index in [1.165, 1.54) is 6.39 Å². The van der Waals surface area contributed by atoms with E-state index in [-0.39, 0.29) is 5.91 Å². The van der Waals surface area contributed by atoms with E-state index in [0.717, 1.165) is 32.6 Å². The Balaban J connectivity index is 2.09. The van der Waals surface area contributed by atoms with Crippen LogP contribution in [0.15, 0.2) is 10.8 Å². The molecule has 1 aromatic rings. The molecule has 15 heavy (non-hydrogen) atoms. The van der Waals surface area contributed by atoms with Gasteiger partial charge >= 0.3 is 0 Å². The van der Waals surface area contributed by atoms with Crippen molar-refractivity contribution in [1.82, 2.24) is 15.2 Å². The van der Waals surface area contributed by atoms with Crippen LogP contribution in [-0.2, 0) is 0 Å². The SMILES string of the molecule is Cc1ncoc1C(=O)N1CCCNCC1. The van der Waals surface area contributed by atoms with Crippen molar-refractivity contribution in [2.45, 2.75) is 13.3 Å². The number of oxazole rings is 1. The minimum atomic E-state index is -0.0475. The van der Waals surface area contributed by atoms with Crippen molar-refractivity contribution >= 4 is 5.91 Å². The Kier molecular flexibility index (Phi) is 3.01. The Morgan fingerprint density at radius 3 is 3.13 bits per heavy atom. The molecule has 0 atom stereocenters. The first kappa shape index (κ1) is 10.2. The second-order valence-corrected chi connectivity index (χ2v) is 3.66. The predicted molar refractivity (Wildman–Crippen MR) is 54.6 cm³/mol.